The fourth-order valence-corrected chi connectivity index (χ4v) is 3.94. The smallest absolute Gasteiger partial charge is 0.375 e. The molecular weight excluding hydrogens is 346 g/mol. The number of ether oxygens (including phenoxy) is 1. The minimum absolute atomic E-state index is 0.194. The van der Waals surface area contributed by atoms with Gasteiger partial charge in [0.15, 0.2) is 0 Å². The highest BCUT2D eigenvalue weighted by Gasteiger charge is 2.46. The van der Waals surface area contributed by atoms with Crippen LogP contribution >= 0.6 is 35.1 Å². The lowest BCUT2D eigenvalue weighted by molar-refractivity contribution is 0.0456. The molecule has 18 heavy (non-hydrogen) atoms. The molecule has 0 amide bonds. The third-order valence-corrected chi connectivity index (χ3v) is 5.30. The first-order valence-corrected chi connectivity index (χ1v) is 7.62. The van der Waals surface area contributed by atoms with E-state index in [1.165, 1.54) is 14.2 Å². The summed E-state index contributed by atoms with van der Waals surface area (Å²) < 4.78 is 27.7. The summed E-state index contributed by atoms with van der Waals surface area (Å²) in [5, 5.41) is 0.227. The molecule has 1 atom stereocenters. The molecule has 0 radical (unpaired) electrons. The van der Waals surface area contributed by atoms with Crippen LogP contribution in [0.15, 0.2) is 16.6 Å². The molecule has 1 heterocycles. The zero-order chi connectivity index (χ0) is 13.5. The van der Waals surface area contributed by atoms with E-state index in [9.17, 15) is 9.36 Å². The van der Waals surface area contributed by atoms with Crippen molar-refractivity contribution in [1.82, 2.24) is 0 Å². The summed E-state index contributed by atoms with van der Waals surface area (Å²) in [4.78, 5) is 11.7. The first kappa shape index (κ1) is 14.0. The second-order valence-corrected chi connectivity index (χ2v) is 7.12. The van der Waals surface area contributed by atoms with Crippen LogP contribution in [0.2, 0.25) is 5.02 Å². The summed E-state index contributed by atoms with van der Waals surface area (Å²) in [6, 6.07) is 3.18. The van der Waals surface area contributed by atoms with Gasteiger partial charge in [-0.1, -0.05) is 27.5 Å². The van der Waals surface area contributed by atoms with Gasteiger partial charge in [-0.15, -0.1) is 0 Å². The van der Waals surface area contributed by atoms with Gasteiger partial charge in [-0.3, -0.25) is 4.57 Å². The van der Waals surface area contributed by atoms with Crippen LogP contribution in [0.25, 0.3) is 0 Å². The highest BCUT2D eigenvalue weighted by Crippen LogP contribution is 2.63. The topological polar surface area (TPSA) is 61.8 Å². The lowest BCUT2D eigenvalue weighted by atomic mass is 10.1. The number of fused-ring (bicyclic) bond motifs is 1. The fraction of sp³-hybridized carbons (Fsp3) is 0.300. The molecule has 98 valence electrons. The number of carbonyl (C=O) groups excluding carboxylic acids is 1. The van der Waals surface area contributed by atoms with Crippen molar-refractivity contribution in [2.24, 2.45) is 0 Å². The normalized spacial score (nSPS) is 18.7. The zero-order valence-electron chi connectivity index (χ0n) is 9.48. The van der Waals surface area contributed by atoms with Gasteiger partial charge in [-0.25, -0.2) is 4.79 Å². The molecule has 5 nitrogen and oxygen atoms in total. The molecule has 0 saturated heterocycles. The van der Waals surface area contributed by atoms with Gasteiger partial charge < -0.3 is 13.8 Å². The van der Waals surface area contributed by atoms with E-state index < -0.39 is 19.4 Å². The standard InChI is InChI=1S/C10H9BrClO5P/c1-15-18(14,16-2)10-6-3-5(11)4-7(12)8(6)9(13)17-10/h3-4,10H,1-2H3. The third kappa shape index (κ3) is 2.12. The van der Waals surface area contributed by atoms with Crippen LogP contribution in [0.5, 0.6) is 0 Å². The maximum absolute atomic E-state index is 12.3. The monoisotopic (exact) mass is 354 g/mol. The van der Waals surface area contributed by atoms with E-state index in [0.717, 1.165) is 0 Å². The van der Waals surface area contributed by atoms with Gasteiger partial charge in [-0.05, 0) is 12.1 Å². The Morgan fingerprint density at radius 1 is 1.39 bits per heavy atom. The van der Waals surface area contributed by atoms with Crippen LogP contribution in [-0.2, 0) is 18.3 Å². The van der Waals surface area contributed by atoms with E-state index in [4.69, 9.17) is 25.4 Å². The first-order valence-electron chi connectivity index (χ1n) is 4.84. The minimum Gasteiger partial charge on any atom is -0.441 e. The van der Waals surface area contributed by atoms with Crippen molar-refractivity contribution in [2.75, 3.05) is 14.2 Å². The highest BCUT2D eigenvalue weighted by molar-refractivity contribution is 9.10. The van der Waals surface area contributed by atoms with Gasteiger partial charge in [0, 0.05) is 24.3 Å². The number of hydrogen-bond acceptors (Lipinski definition) is 5. The van der Waals surface area contributed by atoms with E-state index in [2.05, 4.69) is 15.9 Å². The molecule has 1 aromatic rings. The number of hydrogen-bond donors (Lipinski definition) is 0. The molecule has 8 heteroatoms. The summed E-state index contributed by atoms with van der Waals surface area (Å²) in [6.07, 6.45) is 0. The second-order valence-electron chi connectivity index (χ2n) is 3.51. The SMILES string of the molecule is COP(=O)(OC)C1OC(=O)c2c(Cl)cc(Br)cc21. The predicted molar refractivity (Wildman–Crippen MR) is 68.9 cm³/mol. The Kier molecular flexibility index (Phi) is 3.85. The van der Waals surface area contributed by atoms with Gasteiger partial charge in [0.05, 0.1) is 10.6 Å². The Morgan fingerprint density at radius 3 is 2.56 bits per heavy atom. The van der Waals surface area contributed by atoms with E-state index in [0.29, 0.717) is 10.0 Å². The maximum atomic E-state index is 12.3. The van der Waals surface area contributed by atoms with Crippen LogP contribution in [0.1, 0.15) is 21.8 Å². The van der Waals surface area contributed by atoms with Gasteiger partial charge in [0.25, 0.3) is 0 Å². The van der Waals surface area contributed by atoms with Crippen molar-refractivity contribution >= 4 is 41.1 Å². The number of benzene rings is 1. The molecular formula is C10H9BrClO5P. The third-order valence-electron chi connectivity index (χ3n) is 2.57. The van der Waals surface area contributed by atoms with E-state index in [-0.39, 0.29) is 10.6 Å². The molecule has 0 aromatic heterocycles. The van der Waals surface area contributed by atoms with Crippen molar-refractivity contribution in [3.63, 3.8) is 0 Å². The van der Waals surface area contributed by atoms with Crippen molar-refractivity contribution in [3.05, 3.63) is 32.8 Å². The lowest BCUT2D eigenvalue weighted by Crippen LogP contribution is -2.03. The van der Waals surface area contributed by atoms with Gasteiger partial charge in [-0.2, -0.15) is 0 Å². The van der Waals surface area contributed by atoms with Crippen molar-refractivity contribution in [3.8, 4) is 0 Å². The molecule has 1 aliphatic heterocycles. The molecule has 0 fully saturated rings. The van der Waals surface area contributed by atoms with Gasteiger partial charge >= 0.3 is 13.6 Å². The number of rotatable bonds is 3. The van der Waals surface area contributed by atoms with E-state index >= 15 is 0 Å². The Labute approximate surface area is 117 Å². The number of cyclic esters (lactones) is 1. The van der Waals surface area contributed by atoms with Crippen molar-refractivity contribution < 1.29 is 23.1 Å². The van der Waals surface area contributed by atoms with E-state index in [1.807, 2.05) is 0 Å². The summed E-state index contributed by atoms with van der Waals surface area (Å²) in [5.74, 6) is -1.73. The molecule has 0 saturated carbocycles. The largest absolute Gasteiger partial charge is 0.441 e. The fourth-order valence-electron chi connectivity index (χ4n) is 1.73. The molecule has 0 N–H and O–H groups in total. The van der Waals surface area contributed by atoms with Crippen LogP contribution in [0.4, 0.5) is 0 Å². The van der Waals surface area contributed by atoms with Crippen LogP contribution in [0.3, 0.4) is 0 Å². The van der Waals surface area contributed by atoms with Gasteiger partial charge in [0.1, 0.15) is 0 Å². The minimum atomic E-state index is -3.56. The number of carbonyl (C=O) groups is 1. The average Bonchev–Trinajstić information content (AvgIpc) is 2.66. The Morgan fingerprint density at radius 2 is 2.00 bits per heavy atom. The van der Waals surface area contributed by atoms with Crippen LogP contribution in [0, 0.1) is 0 Å². The number of halogens is 2. The molecule has 0 spiro atoms. The van der Waals surface area contributed by atoms with E-state index in [1.54, 1.807) is 12.1 Å². The molecule has 0 aliphatic carbocycles. The number of esters is 1. The molecule has 0 bridgehead atoms. The summed E-state index contributed by atoms with van der Waals surface area (Å²) in [7, 11) is -1.10. The summed E-state index contributed by atoms with van der Waals surface area (Å²) >= 11 is 9.22. The second kappa shape index (κ2) is 4.94. The zero-order valence-corrected chi connectivity index (χ0v) is 12.7. The average molecular weight is 356 g/mol. The molecule has 1 unspecified atom stereocenters. The van der Waals surface area contributed by atoms with Crippen molar-refractivity contribution in [2.45, 2.75) is 5.85 Å². The molecule has 2 rings (SSSR count). The Hall–Kier alpha value is -0.390. The maximum Gasteiger partial charge on any atom is 0.375 e. The van der Waals surface area contributed by atoms with Crippen molar-refractivity contribution in [1.29, 1.82) is 0 Å². The quantitative estimate of drug-likeness (QED) is 0.610. The summed E-state index contributed by atoms with van der Waals surface area (Å²) in [6.45, 7) is 0. The Balaban J connectivity index is 2.61. The molecule has 1 aliphatic rings. The summed E-state index contributed by atoms with van der Waals surface area (Å²) in [5.41, 5.74) is 0.589. The lowest BCUT2D eigenvalue weighted by Gasteiger charge is -2.19. The highest BCUT2D eigenvalue weighted by atomic mass is 79.9. The van der Waals surface area contributed by atoms with Crippen LogP contribution in [-0.4, -0.2) is 20.2 Å². The van der Waals surface area contributed by atoms with Gasteiger partial charge in [0.2, 0.25) is 5.85 Å². The first-order chi connectivity index (χ1) is 8.42. The Bertz CT molecular complexity index is 553. The van der Waals surface area contributed by atoms with Crippen LogP contribution < -0.4 is 0 Å². The predicted octanol–water partition coefficient (Wildman–Crippen LogP) is 3.76. The molecule has 1 aromatic carbocycles.